The summed E-state index contributed by atoms with van der Waals surface area (Å²) in [4.78, 5) is 36.8. The molecule has 2 heterocycles. The fourth-order valence-electron chi connectivity index (χ4n) is 2.34. The standard InChI is InChI=1S/C17H22N4O4S/c1-8(2)25-17(24)12-10(4)13(14(18)22)26-16(12)19-15(23)11(5)21-7-6-9(3)20-21/h6-8,11H,1-5H3,(H2,18,22)(H,19,23). The molecule has 0 aliphatic heterocycles. The number of thiophene rings is 1. The molecule has 0 aromatic carbocycles. The minimum Gasteiger partial charge on any atom is -0.459 e. The molecule has 0 aliphatic carbocycles. The molecule has 0 bridgehead atoms. The smallest absolute Gasteiger partial charge is 0.341 e. The summed E-state index contributed by atoms with van der Waals surface area (Å²) in [5.41, 5.74) is 6.70. The van der Waals surface area contributed by atoms with E-state index in [0.29, 0.717) is 5.56 Å². The molecule has 0 radical (unpaired) electrons. The fourth-order valence-corrected chi connectivity index (χ4v) is 3.39. The maximum absolute atomic E-state index is 12.6. The molecule has 1 unspecified atom stereocenters. The van der Waals surface area contributed by atoms with Crippen molar-refractivity contribution in [1.82, 2.24) is 9.78 Å². The first-order valence-corrected chi connectivity index (χ1v) is 8.90. The van der Waals surface area contributed by atoms with Gasteiger partial charge in [-0.25, -0.2) is 4.79 Å². The fraction of sp³-hybridized carbons (Fsp3) is 0.412. The van der Waals surface area contributed by atoms with Gasteiger partial charge in [0.2, 0.25) is 5.91 Å². The van der Waals surface area contributed by atoms with E-state index in [1.165, 1.54) is 4.68 Å². The largest absolute Gasteiger partial charge is 0.459 e. The van der Waals surface area contributed by atoms with E-state index in [0.717, 1.165) is 17.0 Å². The number of nitrogens with one attached hydrogen (secondary N) is 1. The monoisotopic (exact) mass is 378 g/mol. The first-order valence-electron chi connectivity index (χ1n) is 8.08. The van der Waals surface area contributed by atoms with E-state index in [2.05, 4.69) is 10.4 Å². The molecule has 26 heavy (non-hydrogen) atoms. The summed E-state index contributed by atoms with van der Waals surface area (Å²) in [6.45, 7) is 8.54. The second-order valence-corrected chi connectivity index (χ2v) is 7.20. The Bertz CT molecular complexity index is 853. The van der Waals surface area contributed by atoms with E-state index < -0.39 is 17.9 Å². The summed E-state index contributed by atoms with van der Waals surface area (Å²) >= 11 is 0.959. The molecule has 0 spiro atoms. The minimum absolute atomic E-state index is 0.148. The van der Waals surface area contributed by atoms with Gasteiger partial charge < -0.3 is 15.8 Å². The molecule has 0 fully saturated rings. The van der Waals surface area contributed by atoms with Gasteiger partial charge in [-0.2, -0.15) is 5.10 Å². The van der Waals surface area contributed by atoms with Gasteiger partial charge in [0, 0.05) is 6.20 Å². The van der Waals surface area contributed by atoms with Crippen LogP contribution in [0.5, 0.6) is 0 Å². The Labute approximate surface area is 155 Å². The molecule has 2 amide bonds. The summed E-state index contributed by atoms with van der Waals surface area (Å²) in [5.74, 6) is -1.65. The highest BCUT2D eigenvalue weighted by Crippen LogP contribution is 2.34. The van der Waals surface area contributed by atoms with E-state index in [1.807, 2.05) is 6.92 Å². The number of nitrogens with zero attached hydrogens (tertiary/aromatic N) is 2. The maximum atomic E-state index is 12.6. The van der Waals surface area contributed by atoms with E-state index in [-0.39, 0.29) is 27.5 Å². The van der Waals surface area contributed by atoms with Crippen LogP contribution in [0.25, 0.3) is 0 Å². The van der Waals surface area contributed by atoms with Crippen molar-refractivity contribution in [2.24, 2.45) is 5.73 Å². The van der Waals surface area contributed by atoms with Crippen LogP contribution in [0.1, 0.15) is 58.1 Å². The molecule has 2 aromatic heterocycles. The Morgan fingerprint density at radius 1 is 1.27 bits per heavy atom. The summed E-state index contributed by atoms with van der Waals surface area (Å²) < 4.78 is 6.75. The van der Waals surface area contributed by atoms with Gasteiger partial charge in [-0.15, -0.1) is 11.3 Å². The number of esters is 1. The van der Waals surface area contributed by atoms with Crippen LogP contribution < -0.4 is 11.1 Å². The van der Waals surface area contributed by atoms with Crippen molar-refractivity contribution in [2.45, 2.75) is 46.8 Å². The zero-order chi connectivity index (χ0) is 19.6. The van der Waals surface area contributed by atoms with Crippen molar-refractivity contribution in [2.75, 3.05) is 5.32 Å². The Morgan fingerprint density at radius 2 is 1.92 bits per heavy atom. The lowest BCUT2D eigenvalue weighted by atomic mass is 10.1. The lowest BCUT2D eigenvalue weighted by Gasteiger charge is -2.14. The second-order valence-electron chi connectivity index (χ2n) is 6.18. The average molecular weight is 378 g/mol. The number of aryl methyl sites for hydroxylation is 1. The number of ether oxygens (including phenoxy) is 1. The minimum atomic E-state index is -0.664. The van der Waals surface area contributed by atoms with Crippen LogP contribution in [-0.2, 0) is 9.53 Å². The van der Waals surface area contributed by atoms with Gasteiger partial charge in [0.25, 0.3) is 5.91 Å². The predicted octanol–water partition coefficient (Wildman–Crippen LogP) is 2.43. The van der Waals surface area contributed by atoms with Gasteiger partial charge in [-0.1, -0.05) is 0 Å². The van der Waals surface area contributed by atoms with Crippen molar-refractivity contribution < 1.29 is 19.1 Å². The number of aromatic nitrogens is 2. The summed E-state index contributed by atoms with van der Waals surface area (Å²) in [5, 5.41) is 7.15. The number of nitrogens with two attached hydrogens (primary N) is 1. The van der Waals surface area contributed by atoms with Crippen LogP contribution in [0.4, 0.5) is 5.00 Å². The second kappa shape index (κ2) is 7.69. The van der Waals surface area contributed by atoms with Crippen LogP contribution in [0.2, 0.25) is 0 Å². The van der Waals surface area contributed by atoms with Gasteiger partial charge in [0.05, 0.1) is 22.2 Å². The first-order chi connectivity index (χ1) is 12.1. The van der Waals surface area contributed by atoms with Crippen molar-refractivity contribution in [3.8, 4) is 0 Å². The third-order valence-corrected chi connectivity index (χ3v) is 4.89. The molecule has 9 heteroatoms. The molecule has 1 atom stereocenters. The van der Waals surface area contributed by atoms with Gasteiger partial charge in [-0.05, 0) is 46.2 Å². The van der Waals surface area contributed by atoms with Crippen molar-refractivity contribution in [3.63, 3.8) is 0 Å². The molecule has 140 valence electrons. The Hall–Kier alpha value is -2.68. The van der Waals surface area contributed by atoms with Crippen molar-refractivity contribution in [1.29, 1.82) is 0 Å². The van der Waals surface area contributed by atoms with E-state index >= 15 is 0 Å². The zero-order valence-corrected chi connectivity index (χ0v) is 16.1. The van der Waals surface area contributed by atoms with Crippen molar-refractivity contribution in [3.05, 3.63) is 34.0 Å². The topological polar surface area (TPSA) is 116 Å². The molecule has 0 saturated carbocycles. The van der Waals surface area contributed by atoms with Gasteiger partial charge >= 0.3 is 5.97 Å². The lowest BCUT2D eigenvalue weighted by Crippen LogP contribution is -2.25. The van der Waals surface area contributed by atoms with E-state index in [9.17, 15) is 14.4 Å². The van der Waals surface area contributed by atoms with Crippen LogP contribution >= 0.6 is 11.3 Å². The quantitative estimate of drug-likeness (QED) is 0.749. The number of carbonyl (C=O) groups excluding carboxylic acids is 3. The normalized spacial score (nSPS) is 12.1. The Balaban J connectivity index is 2.35. The number of hydrogen-bond acceptors (Lipinski definition) is 6. The molecule has 2 aromatic rings. The highest BCUT2D eigenvalue weighted by Gasteiger charge is 2.27. The van der Waals surface area contributed by atoms with Crippen LogP contribution in [-0.4, -0.2) is 33.7 Å². The van der Waals surface area contributed by atoms with E-state index in [1.54, 1.807) is 40.0 Å². The maximum Gasteiger partial charge on any atom is 0.341 e. The molecule has 0 saturated heterocycles. The van der Waals surface area contributed by atoms with Gasteiger partial charge in [0.1, 0.15) is 11.0 Å². The van der Waals surface area contributed by atoms with Gasteiger partial charge in [0.15, 0.2) is 0 Å². The zero-order valence-electron chi connectivity index (χ0n) is 15.3. The van der Waals surface area contributed by atoms with Crippen molar-refractivity contribution >= 4 is 34.1 Å². The Morgan fingerprint density at radius 3 is 2.42 bits per heavy atom. The number of rotatable bonds is 6. The highest BCUT2D eigenvalue weighted by atomic mass is 32.1. The third kappa shape index (κ3) is 4.10. The molecular formula is C17H22N4O4S. The predicted molar refractivity (Wildman–Crippen MR) is 98.4 cm³/mol. The lowest BCUT2D eigenvalue weighted by molar-refractivity contribution is -0.119. The average Bonchev–Trinajstić information content (AvgIpc) is 3.09. The molecule has 0 aliphatic rings. The van der Waals surface area contributed by atoms with Crippen LogP contribution in [0.3, 0.4) is 0 Å². The number of hydrogen-bond donors (Lipinski definition) is 2. The van der Waals surface area contributed by atoms with Crippen LogP contribution in [0.15, 0.2) is 12.3 Å². The molecule has 8 nitrogen and oxygen atoms in total. The number of primary amides is 1. The first kappa shape index (κ1) is 19.6. The molecule has 2 rings (SSSR count). The number of anilines is 1. The summed E-state index contributed by atoms with van der Waals surface area (Å²) in [6.07, 6.45) is 1.36. The Kier molecular flexibility index (Phi) is 5.81. The van der Waals surface area contributed by atoms with E-state index in [4.69, 9.17) is 10.5 Å². The summed E-state index contributed by atoms with van der Waals surface area (Å²) in [6, 6.07) is 1.19. The molecule has 3 N–H and O–H groups in total. The number of amides is 2. The SMILES string of the molecule is Cc1ccn(C(C)C(=O)Nc2sc(C(N)=O)c(C)c2C(=O)OC(C)C)n1. The number of carbonyl (C=O) groups is 3. The molecular weight excluding hydrogens is 356 g/mol. The van der Waals surface area contributed by atoms with Gasteiger partial charge in [-0.3, -0.25) is 14.3 Å². The summed E-state index contributed by atoms with van der Waals surface area (Å²) in [7, 11) is 0. The highest BCUT2D eigenvalue weighted by molar-refractivity contribution is 7.18. The third-order valence-electron chi connectivity index (χ3n) is 3.67. The van der Waals surface area contributed by atoms with Crippen LogP contribution in [0, 0.1) is 13.8 Å².